The number of hydrogen-bond donors (Lipinski definition) is 1. The van der Waals surface area contributed by atoms with Crippen LogP contribution in [0.2, 0.25) is 5.02 Å². The van der Waals surface area contributed by atoms with Crippen molar-refractivity contribution in [1.82, 2.24) is 20.2 Å². The van der Waals surface area contributed by atoms with Gasteiger partial charge in [0.25, 0.3) is 0 Å². The monoisotopic (exact) mass is 237 g/mol. The average molecular weight is 238 g/mol. The zero-order chi connectivity index (χ0) is 11.5. The molecule has 5 nitrogen and oxygen atoms in total. The lowest BCUT2D eigenvalue weighted by Crippen LogP contribution is -2.20. The molecule has 0 radical (unpaired) electrons. The number of tetrazole rings is 1. The molecule has 0 fully saturated rings. The van der Waals surface area contributed by atoms with Crippen molar-refractivity contribution in [3.63, 3.8) is 0 Å². The van der Waals surface area contributed by atoms with Crippen LogP contribution in [-0.2, 0) is 6.42 Å². The van der Waals surface area contributed by atoms with Gasteiger partial charge in [0.1, 0.15) is 0 Å². The van der Waals surface area contributed by atoms with Gasteiger partial charge >= 0.3 is 0 Å². The molecule has 0 spiro atoms. The van der Waals surface area contributed by atoms with E-state index in [4.69, 9.17) is 17.3 Å². The van der Waals surface area contributed by atoms with E-state index < -0.39 is 0 Å². The molecule has 0 bridgehead atoms. The van der Waals surface area contributed by atoms with Crippen molar-refractivity contribution in [2.75, 3.05) is 0 Å². The van der Waals surface area contributed by atoms with Gasteiger partial charge in [0, 0.05) is 12.5 Å². The van der Waals surface area contributed by atoms with E-state index >= 15 is 0 Å². The van der Waals surface area contributed by atoms with Gasteiger partial charge in [-0.05, 0) is 29.5 Å². The Bertz CT molecular complexity index is 480. The van der Waals surface area contributed by atoms with Crippen molar-refractivity contribution in [2.24, 2.45) is 5.73 Å². The lowest BCUT2D eigenvalue weighted by atomic mass is 10.2. The van der Waals surface area contributed by atoms with Crippen LogP contribution in [0, 0.1) is 0 Å². The Hall–Kier alpha value is -1.46. The first-order valence-corrected chi connectivity index (χ1v) is 5.34. The van der Waals surface area contributed by atoms with Crippen LogP contribution in [-0.4, -0.2) is 26.2 Å². The Balaban J connectivity index is 2.41. The number of halogens is 1. The molecule has 1 aromatic heterocycles. The molecule has 2 aromatic rings. The van der Waals surface area contributed by atoms with Crippen LogP contribution in [0.25, 0.3) is 5.69 Å². The van der Waals surface area contributed by atoms with Gasteiger partial charge in [-0.15, -0.1) is 5.10 Å². The van der Waals surface area contributed by atoms with Crippen molar-refractivity contribution in [3.8, 4) is 5.69 Å². The number of hydrogen-bond acceptors (Lipinski definition) is 4. The second-order valence-corrected chi connectivity index (χ2v) is 4.05. The molecule has 0 saturated heterocycles. The smallest absolute Gasteiger partial charge is 0.158 e. The van der Waals surface area contributed by atoms with E-state index in [9.17, 15) is 0 Å². The van der Waals surface area contributed by atoms with E-state index in [0.29, 0.717) is 17.3 Å². The van der Waals surface area contributed by atoms with E-state index in [1.807, 2.05) is 25.1 Å². The summed E-state index contributed by atoms with van der Waals surface area (Å²) in [7, 11) is 0. The first-order chi connectivity index (χ1) is 7.68. The molecule has 0 aliphatic carbocycles. The summed E-state index contributed by atoms with van der Waals surface area (Å²) in [5.74, 6) is 0.711. The number of aromatic nitrogens is 4. The van der Waals surface area contributed by atoms with Crippen LogP contribution in [0.5, 0.6) is 0 Å². The molecule has 1 aromatic carbocycles. The predicted octanol–water partition coefficient (Wildman–Crippen LogP) is 1.21. The van der Waals surface area contributed by atoms with Gasteiger partial charge < -0.3 is 5.73 Å². The first-order valence-electron chi connectivity index (χ1n) is 4.96. The SMILES string of the molecule is CC(N)Cc1nnnn1-c1ccccc1Cl. The molecule has 6 heteroatoms. The van der Waals surface area contributed by atoms with Crippen molar-refractivity contribution in [3.05, 3.63) is 35.1 Å². The first kappa shape index (κ1) is 11.0. The predicted molar refractivity (Wildman–Crippen MR) is 61.5 cm³/mol. The van der Waals surface area contributed by atoms with Crippen LogP contribution in [0.4, 0.5) is 0 Å². The van der Waals surface area contributed by atoms with E-state index in [1.165, 1.54) is 0 Å². The van der Waals surface area contributed by atoms with Crippen molar-refractivity contribution >= 4 is 11.6 Å². The number of nitrogens with two attached hydrogens (primary N) is 1. The van der Waals surface area contributed by atoms with Gasteiger partial charge in [-0.2, -0.15) is 4.68 Å². The minimum Gasteiger partial charge on any atom is -0.328 e. The molecule has 1 unspecified atom stereocenters. The van der Waals surface area contributed by atoms with E-state index in [2.05, 4.69) is 15.5 Å². The van der Waals surface area contributed by atoms with Crippen LogP contribution >= 0.6 is 11.6 Å². The number of para-hydroxylation sites is 1. The maximum atomic E-state index is 6.08. The van der Waals surface area contributed by atoms with E-state index in [-0.39, 0.29) is 6.04 Å². The molecule has 1 atom stereocenters. The van der Waals surface area contributed by atoms with Gasteiger partial charge in [0.15, 0.2) is 5.82 Å². The van der Waals surface area contributed by atoms with Crippen LogP contribution in [0.3, 0.4) is 0 Å². The summed E-state index contributed by atoms with van der Waals surface area (Å²) in [6.07, 6.45) is 0.609. The third-order valence-electron chi connectivity index (χ3n) is 2.12. The Labute approximate surface area is 98.2 Å². The van der Waals surface area contributed by atoms with Crippen LogP contribution < -0.4 is 5.73 Å². The summed E-state index contributed by atoms with van der Waals surface area (Å²) in [6, 6.07) is 7.42. The van der Waals surface area contributed by atoms with Crippen molar-refractivity contribution in [2.45, 2.75) is 19.4 Å². The fourth-order valence-corrected chi connectivity index (χ4v) is 1.65. The summed E-state index contributed by atoms with van der Waals surface area (Å²) in [5.41, 5.74) is 6.50. The second-order valence-electron chi connectivity index (χ2n) is 3.64. The normalized spacial score (nSPS) is 12.7. The Morgan fingerprint density at radius 3 is 2.88 bits per heavy atom. The molecule has 2 rings (SSSR count). The second kappa shape index (κ2) is 4.59. The average Bonchev–Trinajstić information content (AvgIpc) is 2.66. The number of benzene rings is 1. The highest BCUT2D eigenvalue weighted by Gasteiger charge is 2.11. The fraction of sp³-hybridized carbons (Fsp3) is 0.300. The summed E-state index contributed by atoms with van der Waals surface area (Å²) in [4.78, 5) is 0. The minimum absolute atomic E-state index is 0.00670. The highest BCUT2D eigenvalue weighted by Crippen LogP contribution is 2.19. The Morgan fingerprint density at radius 1 is 1.44 bits per heavy atom. The molecule has 2 N–H and O–H groups in total. The summed E-state index contributed by atoms with van der Waals surface area (Å²) in [5, 5.41) is 12.1. The zero-order valence-electron chi connectivity index (χ0n) is 8.84. The van der Waals surface area contributed by atoms with Crippen LogP contribution in [0.1, 0.15) is 12.7 Å². The van der Waals surface area contributed by atoms with Gasteiger partial charge in [-0.25, -0.2) is 0 Å². The molecule has 0 amide bonds. The zero-order valence-corrected chi connectivity index (χ0v) is 9.59. The Kier molecular flexibility index (Phi) is 3.17. The third-order valence-corrected chi connectivity index (χ3v) is 2.44. The largest absolute Gasteiger partial charge is 0.328 e. The topological polar surface area (TPSA) is 69.6 Å². The lowest BCUT2D eigenvalue weighted by Gasteiger charge is -2.07. The highest BCUT2D eigenvalue weighted by atomic mass is 35.5. The number of rotatable bonds is 3. The summed E-state index contributed by atoms with van der Waals surface area (Å²) >= 11 is 6.08. The molecule has 16 heavy (non-hydrogen) atoms. The minimum atomic E-state index is 0.00670. The molecule has 0 aliphatic heterocycles. The molecule has 84 valence electrons. The maximum Gasteiger partial charge on any atom is 0.158 e. The molecule has 0 aliphatic rings. The number of nitrogens with zero attached hydrogens (tertiary/aromatic N) is 4. The van der Waals surface area contributed by atoms with Crippen molar-refractivity contribution < 1.29 is 0 Å². The van der Waals surface area contributed by atoms with Gasteiger partial charge in [-0.1, -0.05) is 23.7 Å². The Morgan fingerprint density at radius 2 is 2.19 bits per heavy atom. The lowest BCUT2D eigenvalue weighted by molar-refractivity contribution is 0.674. The summed E-state index contributed by atoms with van der Waals surface area (Å²) in [6.45, 7) is 1.91. The van der Waals surface area contributed by atoms with Crippen molar-refractivity contribution in [1.29, 1.82) is 0 Å². The van der Waals surface area contributed by atoms with Gasteiger partial charge in [0.2, 0.25) is 0 Å². The molecular formula is C10H12ClN5. The third kappa shape index (κ3) is 2.20. The van der Waals surface area contributed by atoms with E-state index in [0.717, 1.165) is 5.69 Å². The standard InChI is InChI=1S/C10H12ClN5/c1-7(12)6-10-13-14-15-16(10)9-5-3-2-4-8(9)11/h2-5,7H,6,12H2,1H3. The van der Waals surface area contributed by atoms with Crippen LogP contribution in [0.15, 0.2) is 24.3 Å². The molecular weight excluding hydrogens is 226 g/mol. The molecule has 0 saturated carbocycles. The molecule has 1 heterocycles. The fourth-order valence-electron chi connectivity index (χ4n) is 1.43. The van der Waals surface area contributed by atoms with E-state index in [1.54, 1.807) is 10.7 Å². The quantitative estimate of drug-likeness (QED) is 0.871. The highest BCUT2D eigenvalue weighted by molar-refractivity contribution is 6.32. The summed E-state index contributed by atoms with van der Waals surface area (Å²) < 4.78 is 1.62. The maximum absolute atomic E-state index is 6.08. The van der Waals surface area contributed by atoms with Gasteiger partial charge in [-0.3, -0.25) is 0 Å². The van der Waals surface area contributed by atoms with Gasteiger partial charge in [0.05, 0.1) is 10.7 Å².